The third kappa shape index (κ3) is 3.46. The molecule has 1 aliphatic heterocycles. The summed E-state index contributed by atoms with van der Waals surface area (Å²) in [4.78, 5) is 5.89. The molecule has 0 saturated heterocycles. The lowest BCUT2D eigenvalue weighted by Gasteiger charge is -2.24. The summed E-state index contributed by atoms with van der Waals surface area (Å²) in [6.45, 7) is 4.78. The molecule has 3 aromatic rings. The van der Waals surface area contributed by atoms with Gasteiger partial charge in [0, 0.05) is 42.4 Å². The number of hydrogen-bond donors (Lipinski definition) is 0. The summed E-state index contributed by atoms with van der Waals surface area (Å²) in [5.41, 5.74) is 5.16. The molecule has 0 N–H and O–H groups in total. The highest BCUT2D eigenvalue weighted by Crippen LogP contribution is 2.32. The highest BCUT2D eigenvalue weighted by Gasteiger charge is 2.32. The second kappa shape index (κ2) is 6.68. The Morgan fingerprint density at radius 1 is 1.15 bits per heavy atom. The van der Waals surface area contributed by atoms with E-state index >= 15 is 0 Å². The molecule has 0 radical (unpaired) electrons. The summed E-state index contributed by atoms with van der Waals surface area (Å²) in [5.74, 6) is 0. The van der Waals surface area contributed by atoms with Crippen LogP contribution in [0.3, 0.4) is 0 Å². The highest BCUT2D eigenvalue weighted by molar-refractivity contribution is 5.86. The first-order valence-corrected chi connectivity index (χ1v) is 9.14. The van der Waals surface area contributed by atoms with Crippen LogP contribution in [0, 0.1) is 6.92 Å². The van der Waals surface area contributed by atoms with E-state index in [2.05, 4.69) is 46.6 Å². The molecule has 0 aliphatic carbocycles. The van der Waals surface area contributed by atoms with Crippen molar-refractivity contribution in [3.8, 4) is 0 Å². The number of aromatic nitrogens is 2. The third-order valence-electron chi connectivity index (χ3n) is 5.34. The first-order chi connectivity index (χ1) is 12.8. The zero-order valence-corrected chi connectivity index (χ0v) is 15.5. The van der Waals surface area contributed by atoms with Crippen molar-refractivity contribution in [3.63, 3.8) is 0 Å². The lowest BCUT2D eigenvalue weighted by Crippen LogP contribution is -2.28. The lowest BCUT2D eigenvalue weighted by atomic mass is 10.0. The minimum atomic E-state index is -4.39. The van der Waals surface area contributed by atoms with E-state index in [1.165, 1.54) is 40.0 Å². The number of nitrogens with zero attached hydrogens (tertiary/aromatic N) is 3. The molecule has 3 heterocycles. The molecule has 0 unspecified atom stereocenters. The Morgan fingerprint density at radius 3 is 2.67 bits per heavy atom. The van der Waals surface area contributed by atoms with Crippen LogP contribution in [0.5, 0.6) is 0 Å². The Hall–Kier alpha value is -2.34. The van der Waals surface area contributed by atoms with Gasteiger partial charge in [-0.2, -0.15) is 13.2 Å². The van der Waals surface area contributed by atoms with Crippen molar-refractivity contribution in [3.05, 3.63) is 64.6 Å². The van der Waals surface area contributed by atoms with Crippen molar-refractivity contribution < 1.29 is 13.2 Å². The van der Waals surface area contributed by atoms with Crippen molar-refractivity contribution >= 4 is 10.9 Å². The number of aryl methyl sites for hydroxylation is 3. The highest BCUT2D eigenvalue weighted by atomic mass is 19.4. The maximum Gasteiger partial charge on any atom is 0.433 e. The van der Waals surface area contributed by atoms with Gasteiger partial charge in [-0.25, -0.2) is 0 Å². The van der Waals surface area contributed by atoms with Crippen molar-refractivity contribution in [2.75, 3.05) is 13.6 Å². The maximum absolute atomic E-state index is 12.7. The van der Waals surface area contributed by atoms with E-state index < -0.39 is 11.9 Å². The molecule has 0 amide bonds. The Labute approximate surface area is 156 Å². The molecule has 142 valence electrons. The molecule has 0 fully saturated rings. The molecule has 1 aliphatic rings. The van der Waals surface area contributed by atoms with Crippen molar-refractivity contribution in [1.82, 2.24) is 14.5 Å². The van der Waals surface area contributed by atoms with Gasteiger partial charge in [0.15, 0.2) is 0 Å². The van der Waals surface area contributed by atoms with Crippen LogP contribution in [0.25, 0.3) is 10.9 Å². The molecule has 0 bridgehead atoms. The minimum absolute atomic E-state index is 0.652. The maximum atomic E-state index is 12.7. The van der Waals surface area contributed by atoms with Gasteiger partial charge >= 0.3 is 6.18 Å². The standard InChI is InChI=1S/C21H22F3N3/c1-14-3-5-18-17(11-14)16-8-9-26(2)13-19(16)27(18)10-7-15-4-6-20(25-12-15)21(22,23)24/h3-6,11-12H,7-10,13H2,1-2H3. The molecule has 0 atom stereocenters. The van der Waals surface area contributed by atoms with Crippen LogP contribution < -0.4 is 0 Å². The number of likely N-dealkylation sites (N-methyl/N-ethyl adjacent to an activating group) is 1. The summed E-state index contributed by atoms with van der Waals surface area (Å²) in [6, 6.07) is 9.12. The Kier molecular flexibility index (Phi) is 4.46. The Balaban J connectivity index is 1.65. The first kappa shape index (κ1) is 18.0. The van der Waals surface area contributed by atoms with Crippen molar-refractivity contribution in [2.24, 2.45) is 0 Å². The summed E-state index contributed by atoms with van der Waals surface area (Å²) in [6.07, 6.45) is -1.37. The second-order valence-corrected chi connectivity index (χ2v) is 7.38. The predicted molar refractivity (Wildman–Crippen MR) is 99.7 cm³/mol. The van der Waals surface area contributed by atoms with Gasteiger partial charge in [-0.3, -0.25) is 4.98 Å². The quantitative estimate of drug-likeness (QED) is 0.669. The molecule has 27 heavy (non-hydrogen) atoms. The number of halogens is 3. The average molecular weight is 373 g/mol. The fourth-order valence-corrected chi connectivity index (χ4v) is 3.92. The smallest absolute Gasteiger partial charge is 0.343 e. The summed E-state index contributed by atoms with van der Waals surface area (Å²) in [7, 11) is 2.12. The largest absolute Gasteiger partial charge is 0.433 e. The number of rotatable bonds is 3. The zero-order chi connectivity index (χ0) is 19.2. The molecule has 0 spiro atoms. The van der Waals surface area contributed by atoms with E-state index in [1.54, 1.807) is 0 Å². The number of hydrogen-bond acceptors (Lipinski definition) is 2. The topological polar surface area (TPSA) is 21.1 Å². The number of pyridine rings is 1. The van der Waals surface area contributed by atoms with E-state index in [0.717, 1.165) is 37.7 Å². The van der Waals surface area contributed by atoms with Crippen LogP contribution in [0.15, 0.2) is 36.5 Å². The molecule has 0 saturated carbocycles. The first-order valence-electron chi connectivity index (χ1n) is 9.14. The van der Waals surface area contributed by atoms with Crippen molar-refractivity contribution in [1.29, 1.82) is 0 Å². The van der Waals surface area contributed by atoms with Gasteiger partial charge < -0.3 is 9.47 Å². The van der Waals surface area contributed by atoms with Gasteiger partial charge in [-0.05, 0) is 56.1 Å². The number of benzene rings is 1. The third-order valence-corrected chi connectivity index (χ3v) is 5.34. The summed E-state index contributed by atoms with van der Waals surface area (Å²) in [5, 5.41) is 1.31. The minimum Gasteiger partial charge on any atom is -0.343 e. The van der Waals surface area contributed by atoms with Gasteiger partial charge in [-0.1, -0.05) is 17.7 Å². The molecule has 3 nitrogen and oxygen atoms in total. The fraction of sp³-hybridized carbons (Fsp3) is 0.381. The molecule has 2 aromatic heterocycles. The van der Waals surface area contributed by atoms with Crippen LogP contribution >= 0.6 is 0 Å². The van der Waals surface area contributed by atoms with Gasteiger partial charge in [0.1, 0.15) is 5.69 Å². The van der Waals surface area contributed by atoms with Crippen LogP contribution in [0.2, 0.25) is 0 Å². The average Bonchev–Trinajstić information content (AvgIpc) is 2.91. The molecular formula is C21H22F3N3. The van der Waals surface area contributed by atoms with Gasteiger partial charge in [0.2, 0.25) is 0 Å². The van der Waals surface area contributed by atoms with E-state index in [9.17, 15) is 13.2 Å². The zero-order valence-electron chi connectivity index (χ0n) is 15.5. The van der Waals surface area contributed by atoms with Crippen LogP contribution in [0.1, 0.15) is 28.1 Å². The second-order valence-electron chi connectivity index (χ2n) is 7.38. The number of fused-ring (bicyclic) bond motifs is 3. The van der Waals surface area contributed by atoms with E-state index in [1.807, 2.05) is 0 Å². The number of alkyl halides is 3. The van der Waals surface area contributed by atoms with Gasteiger partial charge in [0.25, 0.3) is 0 Å². The fourth-order valence-electron chi connectivity index (χ4n) is 3.92. The van der Waals surface area contributed by atoms with Crippen LogP contribution in [-0.4, -0.2) is 28.0 Å². The van der Waals surface area contributed by atoms with E-state index in [0.29, 0.717) is 6.42 Å². The molecule has 4 rings (SSSR count). The van der Waals surface area contributed by atoms with Crippen LogP contribution in [-0.2, 0) is 32.1 Å². The SMILES string of the molecule is Cc1ccc2c(c1)c1c(n2CCc2ccc(C(F)(F)F)nc2)CN(C)CC1. The monoisotopic (exact) mass is 373 g/mol. The van der Waals surface area contributed by atoms with Gasteiger partial charge in [0.05, 0.1) is 0 Å². The normalized spacial score (nSPS) is 15.3. The van der Waals surface area contributed by atoms with Crippen molar-refractivity contribution in [2.45, 2.75) is 39.0 Å². The van der Waals surface area contributed by atoms with Gasteiger partial charge in [-0.15, -0.1) is 0 Å². The molecular weight excluding hydrogens is 351 g/mol. The lowest BCUT2D eigenvalue weighted by molar-refractivity contribution is -0.141. The Bertz CT molecular complexity index is 971. The summed E-state index contributed by atoms with van der Waals surface area (Å²) < 4.78 is 40.4. The Morgan fingerprint density at radius 2 is 1.96 bits per heavy atom. The summed E-state index contributed by atoms with van der Waals surface area (Å²) >= 11 is 0. The van der Waals surface area contributed by atoms with E-state index in [4.69, 9.17) is 0 Å². The van der Waals surface area contributed by atoms with E-state index in [-0.39, 0.29) is 0 Å². The van der Waals surface area contributed by atoms with Crippen LogP contribution in [0.4, 0.5) is 13.2 Å². The molecule has 1 aromatic carbocycles. The predicted octanol–water partition coefficient (Wildman–Crippen LogP) is 4.59. The molecule has 6 heteroatoms.